The number of aliphatic imine (C=N–C) groups is 1. The zero-order chi connectivity index (χ0) is 19.3. The van der Waals surface area contributed by atoms with Crippen molar-refractivity contribution in [2.45, 2.75) is 25.4 Å². The number of rotatable bonds is 10. The Balaban J connectivity index is 1.72. The van der Waals surface area contributed by atoms with Gasteiger partial charge in [0, 0.05) is 53.0 Å². The Kier molecular flexibility index (Phi) is 9.97. The van der Waals surface area contributed by atoms with E-state index in [0.717, 1.165) is 56.4 Å². The molecule has 0 aromatic heterocycles. The predicted octanol–water partition coefficient (Wildman–Crippen LogP) is 1.49. The highest BCUT2D eigenvalue weighted by molar-refractivity contribution is 5.79. The first-order valence-electron chi connectivity index (χ1n) is 9.66. The third-order valence-electron chi connectivity index (χ3n) is 4.71. The quantitative estimate of drug-likeness (QED) is 0.365. The summed E-state index contributed by atoms with van der Waals surface area (Å²) < 4.78 is 16.4. The summed E-state index contributed by atoms with van der Waals surface area (Å²) in [5.41, 5.74) is 1.15. The van der Waals surface area contributed by atoms with Gasteiger partial charge in [0.15, 0.2) is 5.96 Å². The van der Waals surface area contributed by atoms with E-state index in [1.807, 2.05) is 12.1 Å². The van der Waals surface area contributed by atoms with Crippen LogP contribution in [0.15, 0.2) is 29.3 Å². The van der Waals surface area contributed by atoms with Gasteiger partial charge < -0.3 is 24.8 Å². The van der Waals surface area contributed by atoms with Gasteiger partial charge in [-0.15, -0.1) is 0 Å². The van der Waals surface area contributed by atoms with Gasteiger partial charge >= 0.3 is 0 Å². The Morgan fingerprint density at radius 1 is 1.26 bits per heavy atom. The third-order valence-corrected chi connectivity index (χ3v) is 4.71. The highest BCUT2D eigenvalue weighted by atomic mass is 16.5. The van der Waals surface area contributed by atoms with E-state index in [-0.39, 0.29) is 0 Å². The molecule has 1 aromatic carbocycles. The van der Waals surface area contributed by atoms with Gasteiger partial charge in [-0.2, -0.15) is 0 Å². The molecule has 1 heterocycles. The molecule has 0 atom stereocenters. The van der Waals surface area contributed by atoms with E-state index in [4.69, 9.17) is 14.2 Å². The van der Waals surface area contributed by atoms with E-state index in [1.54, 1.807) is 14.2 Å². The molecule has 0 spiro atoms. The maximum Gasteiger partial charge on any atom is 0.191 e. The average Bonchev–Trinajstić information content (AvgIpc) is 2.71. The maximum atomic E-state index is 5.96. The second-order valence-corrected chi connectivity index (χ2v) is 6.67. The van der Waals surface area contributed by atoms with Crippen molar-refractivity contribution in [1.29, 1.82) is 0 Å². The minimum absolute atomic E-state index is 0.607. The molecule has 0 saturated carbocycles. The Morgan fingerprint density at radius 2 is 2.07 bits per heavy atom. The smallest absolute Gasteiger partial charge is 0.191 e. The first kappa shape index (κ1) is 21.5. The number of guanidine groups is 1. The number of benzene rings is 1. The molecule has 0 bridgehead atoms. The van der Waals surface area contributed by atoms with Gasteiger partial charge in [0.2, 0.25) is 0 Å². The van der Waals surface area contributed by atoms with E-state index in [1.165, 1.54) is 0 Å². The van der Waals surface area contributed by atoms with Crippen molar-refractivity contribution in [2.75, 3.05) is 60.7 Å². The van der Waals surface area contributed by atoms with Crippen molar-refractivity contribution in [3.8, 4) is 5.75 Å². The lowest BCUT2D eigenvalue weighted by molar-refractivity contribution is 0.0392. The lowest BCUT2D eigenvalue weighted by atomic mass is 10.1. The summed E-state index contributed by atoms with van der Waals surface area (Å²) in [5.74, 6) is 1.66. The van der Waals surface area contributed by atoms with Crippen LogP contribution < -0.4 is 15.4 Å². The van der Waals surface area contributed by atoms with Crippen molar-refractivity contribution in [3.05, 3.63) is 29.8 Å². The summed E-state index contributed by atoms with van der Waals surface area (Å²) in [5, 5.41) is 6.50. The SMILES string of the molecule is CN=C(NCCOC)NCc1cccc(OCCN(C)C2CCOCC2)c1. The molecule has 1 aromatic rings. The van der Waals surface area contributed by atoms with E-state index < -0.39 is 0 Å². The molecule has 0 amide bonds. The molecule has 152 valence electrons. The molecule has 2 rings (SSSR count). The first-order valence-corrected chi connectivity index (χ1v) is 9.66. The van der Waals surface area contributed by atoms with Crippen LogP contribution in [0.25, 0.3) is 0 Å². The second kappa shape index (κ2) is 12.5. The van der Waals surface area contributed by atoms with Gasteiger partial charge in [-0.1, -0.05) is 12.1 Å². The summed E-state index contributed by atoms with van der Waals surface area (Å²) in [7, 11) is 5.61. The Hall–Kier alpha value is -1.83. The number of hydrogen-bond acceptors (Lipinski definition) is 5. The second-order valence-electron chi connectivity index (χ2n) is 6.67. The van der Waals surface area contributed by atoms with Crippen LogP contribution in [0.4, 0.5) is 0 Å². The van der Waals surface area contributed by atoms with Gasteiger partial charge in [0.25, 0.3) is 0 Å². The van der Waals surface area contributed by atoms with E-state index in [2.05, 4.69) is 39.7 Å². The van der Waals surface area contributed by atoms with Crippen LogP contribution in [0.2, 0.25) is 0 Å². The molecule has 27 heavy (non-hydrogen) atoms. The van der Waals surface area contributed by atoms with Crippen LogP contribution in [0.1, 0.15) is 18.4 Å². The molecule has 7 nitrogen and oxygen atoms in total. The summed E-state index contributed by atoms with van der Waals surface area (Å²) in [4.78, 5) is 6.58. The third kappa shape index (κ3) is 8.15. The fourth-order valence-corrected chi connectivity index (χ4v) is 3.04. The van der Waals surface area contributed by atoms with E-state index in [9.17, 15) is 0 Å². The van der Waals surface area contributed by atoms with Crippen molar-refractivity contribution in [3.63, 3.8) is 0 Å². The summed E-state index contributed by atoms with van der Waals surface area (Å²) >= 11 is 0. The van der Waals surface area contributed by atoms with Gasteiger partial charge in [-0.05, 0) is 37.6 Å². The first-order chi connectivity index (χ1) is 13.2. The van der Waals surface area contributed by atoms with Gasteiger partial charge in [-0.3, -0.25) is 9.89 Å². The number of ether oxygens (including phenoxy) is 3. The zero-order valence-corrected chi connectivity index (χ0v) is 16.9. The van der Waals surface area contributed by atoms with Gasteiger partial charge in [0.1, 0.15) is 12.4 Å². The molecule has 1 fully saturated rings. The average molecular weight is 379 g/mol. The molecular formula is C20H34N4O3. The monoisotopic (exact) mass is 378 g/mol. The van der Waals surface area contributed by atoms with Crippen LogP contribution in [0, 0.1) is 0 Å². The van der Waals surface area contributed by atoms with Gasteiger partial charge in [-0.25, -0.2) is 0 Å². The normalized spacial score (nSPS) is 15.8. The van der Waals surface area contributed by atoms with Crippen molar-refractivity contribution >= 4 is 5.96 Å². The largest absolute Gasteiger partial charge is 0.492 e. The van der Waals surface area contributed by atoms with Crippen LogP contribution in [0.5, 0.6) is 5.75 Å². The Morgan fingerprint density at radius 3 is 2.81 bits per heavy atom. The number of nitrogens with one attached hydrogen (secondary N) is 2. The van der Waals surface area contributed by atoms with Crippen LogP contribution >= 0.6 is 0 Å². The molecular weight excluding hydrogens is 344 g/mol. The fraction of sp³-hybridized carbons (Fsp3) is 0.650. The molecule has 1 saturated heterocycles. The molecule has 1 aliphatic heterocycles. The number of nitrogens with zero attached hydrogens (tertiary/aromatic N) is 2. The van der Waals surface area contributed by atoms with Crippen molar-refractivity contribution < 1.29 is 14.2 Å². The highest BCUT2D eigenvalue weighted by Crippen LogP contribution is 2.15. The van der Waals surface area contributed by atoms with E-state index in [0.29, 0.717) is 25.8 Å². The predicted molar refractivity (Wildman–Crippen MR) is 108 cm³/mol. The van der Waals surface area contributed by atoms with Crippen LogP contribution in [-0.2, 0) is 16.0 Å². The van der Waals surface area contributed by atoms with Crippen molar-refractivity contribution in [2.24, 2.45) is 4.99 Å². The maximum absolute atomic E-state index is 5.96. The number of methoxy groups -OCH3 is 1. The lowest BCUT2D eigenvalue weighted by Gasteiger charge is -2.31. The molecule has 0 radical (unpaired) electrons. The van der Waals surface area contributed by atoms with Crippen LogP contribution in [-0.4, -0.2) is 77.6 Å². The molecule has 7 heteroatoms. The number of hydrogen-bond donors (Lipinski definition) is 2. The Bertz CT molecular complexity index is 562. The fourth-order valence-electron chi connectivity index (χ4n) is 3.04. The lowest BCUT2D eigenvalue weighted by Crippen LogP contribution is -2.38. The number of likely N-dealkylation sites (N-methyl/N-ethyl adjacent to an activating group) is 1. The van der Waals surface area contributed by atoms with Crippen LogP contribution in [0.3, 0.4) is 0 Å². The minimum atomic E-state index is 0.607. The van der Waals surface area contributed by atoms with Crippen molar-refractivity contribution in [1.82, 2.24) is 15.5 Å². The Labute approximate surface area is 163 Å². The summed E-state index contributed by atoms with van der Waals surface area (Å²) in [6, 6.07) is 8.79. The molecule has 0 unspecified atom stereocenters. The van der Waals surface area contributed by atoms with Gasteiger partial charge in [0.05, 0.1) is 6.61 Å². The van der Waals surface area contributed by atoms with E-state index >= 15 is 0 Å². The summed E-state index contributed by atoms with van der Waals surface area (Å²) in [6.45, 7) is 5.40. The minimum Gasteiger partial charge on any atom is -0.492 e. The molecule has 1 aliphatic rings. The highest BCUT2D eigenvalue weighted by Gasteiger charge is 2.17. The summed E-state index contributed by atoms with van der Waals surface area (Å²) in [6.07, 6.45) is 2.22. The zero-order valence-electron chi connectivity index (χ0n) is 16.9. The molecule has 2 N–H and O–H groups in total. The topological polar surface area (TPSA) is 67.4 Å². The standard InChI is InChI=1S/C20H34N4O3/c1-21-20(22-9-13-25-3)23-16-17-5-4-6-19(15-17)27-14-10-24(2)18-7-11-26-12-8-18/h4-6,15,18H,7-14,16H2,1-3H3,(H2,21,22,23). The molecule has 0 aliphatic carbocycles.